The topological polar surface area (TPSA) is 75.1 Å². The van der Waals surface area contributed by atoms with Gasteiger partial charge in [0.05, 0.1) is 12.1 Å². The van der Waals surface area contributed by atoms with Crippen LogP contribution in [0.4, 0.5) is 4.39 Å². The van der Waals surface area contributed by atoms with Gasteiger partial charge in [-0.05, 0) is 55.2 Å². The normalized spacial score (nSPS) is 15.5. The van der Waals surface area contributed by atoms with Crippen LogP contribution in [0.25, 0.3) is 20.9 Å². The van der Waals surface area contributed by atoms with E-state index < -0.39 is 5.97 Å². The molecule has 4 aromatic rings. The van der Waals surface area contributed by atoms with Crippen molar-refractivity contribution in [2.45, 2.75) is 44.2 Å². The van der Waals surface area contributed by atoms with Crippen LogP contribution in [0.2, 0.25) is 0 Å². The molecule has 1 atom stereocenters. The fourth-order valence-electron chi connectivity index (χ4n) is 4.24. The van der Waals surface area contributed by atoms with E-state index in [4.69, 9.17) is 10.1 Å². The number of rotatable bonds is 8. The number of benzene rings is 2. The van der Waals surface area contributed by atoms with Gasteiger partial charge in [0.15, 0.2) is 0 Å². The molecule has 0 bridgehead atoms. The average molecular weight is 462 g/mol. The number of carboxylic acid groups (broad SMARTS) is 1. The minimum atomic E-state index is -0.861. The van der Waals surface area contributed by atoms with E-state index in [1.165, 1.54) is 23.0 Å². The predicted octanol–water partition coefficient (Wildman–Crippen LogP) is 5.53. The van der Waals surface area contributed by atoms with E-state index in [-0.39, 0.29) is 23.7 Å². The average Bonchev–Trinajstić information content (AvgIpc) is 3.51. The number of pyridine rings is 1. The van der Waals surface area contributed by atoms with Gasteiger partial charge in [0.2, 0.25) is 0 Å². The van der Waals surface area contributed by atoms with Gasteiger partial charge in [0, 0.05) is 23.6 Å². The number of hydrogen-bond acceptors (Lipinski definition) is 5. The predicted molar refractivity (Wildman–Crippen MR) is 128 cm³/mol. The summed E-state index contributed by atoms with van der Waals surface area (Å²) in [5.74, 6) is -1.21. The van der Waals surface area contributed by atoms with Crippen molar-refractivity contribution in [3.05, 3.63) is 83.3 Å². The molecule has 1 aliphatic carbocycles. The fraction of sp³-hybridized carbons (Fsp3) is 0.269. The summed E-state index contributed by atoms with van der Waals surface area (Å²) < 4.78 is 14.9. The molecular weight excluding hydrogens is 437 g/mol. The van der Waals surface area contributed by atoms with Crippen LogP contribution < -0.4 is 5.32 Å². The second-order valence-electron chi connectivity index (χ2n) is 8.68. The minimum Gasteiger partial charge on any atom is -0.481 e. The fourth-order valence-corrected chi connectivity index (χ4v) is 5.21. The number of fused-ring (bicyclic) bond motifs is 1. The molecule has 168 valence electrons. The lowest BCUT2D eigenvalue weighted by atomic mass is 9.92. The Morgan fingerprint density at radius 2 is 1.94 bits per heavy atom. The van der Waals surface area contributed by atoms with Gasteiger partial charge in [-0.1, -0.05) is 47.7 Å². The first kappa shape index (κ1) is 21.7. The van der Waals surface area contributed by atoms with Crippen LogP contribution >= 0.6 is 11.3 Å². The molecule has 0 aliphatic heterocycles. The number of aromatic nitrogens is 2. The Morgan fingerprint density at radius 3 is 2.64 bits per heavy atom. The van der Waals surface area contributed by atoms with E-state index >= 15 is 0 Å². The summed E-state index contributed by atoms with van der Waals surface area (Å²) in [5.41, 5.74) is 4.30. The molecule has 0 spiro atoms. The van der Waals surface area contributed by atoms with Gasteiger partial charge < -0.3 is 10.4 Å². The summed E-state index contributed by atoms with van der Waals surface area (Å²) in [7, 11) is 0. The summed E-state index contributed by atoms with van der Waals surface area (Å²) in [6, 6.07) is 19.4. The first-order chi connectivity index (χ1) is 15.9. The van der Waals surface area contributed by atoms with Gasteiger partial charge >= 0.3 is 5.97 Å². The van der Waals surface area contributed by atoms with E-state index in [9.17, 15) is 9.18 Å². The molecule has 5 nitrogen and oxygen atoms in total. The SMILES string of the molecule is C[C@H](CC(=O)O)NCc1ccc(-c2nc3ccc(C4(c5ccccc5)CC4)nc3s2)c(F)c1. The van der Waals surface area contributed by atoms with E-state index in [1.54, 1.807) is 13.0 Å². The zero-order valence-electron chi connectivity index (χ0n) is 18.2. The Kier molecular flexibility index (Phi) is 5.68. The maximum atomic E-state index is 14.9. The number of nitrogens with zero attached hydrogens (tertiary/aromatic N) is 2. The third-order valence-corrected chi connectivity index (χ3v) is 7.22. The summed E-state index contributed by atoms with van der Waals surface area (Å²) >= 11 is 1.41. The lowest BCUT2D eigenvalue weighted by Crippen LogP contribution is -2.27. The van der Waals surface area contributed by atoms with Crippen molar-refractivity contribution in [2.24, 2.45) is 0 Å². The van der Waals surface area contributed by atoms with Gasteiger partial charge in [0.25, 0.3) is 0 Å². The molecule has 0 unspecified atom stereocenters. The van der Waals surface area contributed by atoms with Gasteiger partial charge in [0.1, 0.15) is 21.2 Å². The number of carboxylic acids is 1. The van der Waals surface area contributed by atoms with Crippen LogP contribution in [0.3, 0.4) is 0 Å². The van der Waals surface area contributed by atoms with E-state index in [1.807, 2.05) is 18.2 Å². The molecule has 0 amide bonds. The third kappa shape index (κ3) is 4.38. The molecule has 2 aromatic heterocycles. The van der Waals surface area contributed by atoms with Crippen molar-refractivity contribution in [3.63, 3.8) is 0 Å². The van der Waals surface area contributed by atoms with E-state index in [0.717, 1.165) is 34.4 Å². The highest BCUT2D eigenvalue weighted by Gasteiger charge is 2.47. The maximum absolute atomic E-state index is 14.9. The van der Waals surface area contributed by atoms with Crippen molar-refractivity contribution >= 4 is 27.7 Å². The Morgan fingerprint density at radius 1 is 1.15 bits per heavy atom. The number of hydrogen-bond donors (Lipinski definition) is 2. The third-order valence-electron chi connectivity index (χ3n) is 6.22. The first-order valence-electron chi connectivity index (χ1n) is 11.0. The Bertz CT molecular complexity index is 1320. The van der Waals surface area contributed by atoms with Crippen LogP contribution in [0.15, 0.2) is 60.7 Å². The van der Waals surface area contributed by atoms with Gasteiger partial charge in [-0.2, -0.15) is 0 Å². The van der Waals surface area contributed by atoms with E-state index in [0.29, 0.717) is 17.1 Å². The molecular formula is C26H24FN3O2S. The zero-order valence-corrected chi connectivity index (χ0v) is 19.0. The number of nitrogens with one attached hydrogen (secondary N) is 1. The Hall–Kier alpha value is -3.16. The second kappa shape index (κ2) is 8.65. The number of carbonyl (C=O) groups is 1. The monoisotopic (exact) mass is 461 g/mol. The zero-order chi connectivity index (χ0) is 23.0. The Labute approximate surface area is 195 Å². The number of aliphatic carboxylic acids is 1. The summed E-state index contributed by atoms with van der Waals surface area (Å²) in [6.45, 7) is 2.20. The van der Waals surface area contributed by atoms with Crippen LogP contribution in [0.1, 0.15) is 43.0 Å². The van der Waals surface area contributed by atoms with Crippen molar-refractivity contribution in [1.29, 1.82) is 0 Å². The summed E-state index contributed by atoms with van der Waals surface area (Å²) in [4.78, 5) is 21.2. The van der Waals surface area contributed by atoms with Crippen molar-refractivity contribution in [1.82, 2.24) is 15.3 Å². The van der Waals surface area contributed by atoms with Crippen molar-refractivity contribution in [3.8, 4) is 10.6 Å². The number of thiazole rings is 1. The summed E-state index contributed by atoms with van der Waals surface area (Å²) in [5, 5.41) is 12.6. The van der Waals surface area contributed by atoms with Crippen LogP contribution in [0, 0.1) is 5.82 Å². The van der Waals surface area contributed by atoms with Crippen LogP contribution in [0.5, 0.6) is 0 Å². The lowest BCUT2D eigenvalue weighted by Gasteiger charge is -2.14. The highest BCUT2D eigenvalue weighted by molar-refractivity contribution is 7.21. The highest BCUT2D eigenvalue weighted by Crippen LogP contribution is 2.53. The second-order valence-corrected chi connectivity index (χ2v) is 9.66. The van der Waals surface area contributed by atoms with Crippen LogP contribution in [-0.2, 0) is 16.8 Å². The Balaban J connectivity index is 1.38. The standard InChI is InChI=1S/C26H24FN3O2S/c1-16(13-23(31)32)28-15-17-7-8-19(20(27)14-17)24-29-21-9-10-22(30-25(21)33-24)26(11-12-26)18-5-3-2-4-6-18/h2-10,14,16,28H,11-13,15H2,1H3,(H,31,32)/t16-/m1/s1. The molecule has 2 heterocycles. The lowest BCUT2D eigenvalue weighted by molar-refractivity contribution is -0.137. The molecule has 2 N–H and O–H groups in total. The van der Waals surface area contributed by atoms with Gasteiger partial charge in [-0.15, -0.1) is 0 Å². The van der Waals surface area contributed by atoms with E-state index in [2.05, 4.69) is 40.6 Å². The minimum absolute atomic E-state index is 0.0166. The molecule has 1 saturated carbocycles. The molecule has 1 fully saturated rings. The van der Waals surface area contributed by atoms with Gasteiger partial charge in [-0.3, -0.25) is 4.79 Å². The maximum Gasteiger partial charge on any atom is 0.304 e. The molecule has 7 heteroatoms. The molecule has 0 radical (unpaired) electrons. The molecule has 0 saturated heterocycles. The smallest absolute Gasteiger partial charge is 0.304 e. The van der Waals surface area contributed by atoms with Crippen molar-refractivity contribution in [2.75, 3.05) is 0 Å². The molecule has 33 heavy (non-hydrogen) atoms. The molecule has 2 aromatic carbocycles. The van der Waals surface area contributed by atoms with Gasteiger partial charge in [-0.25, -0.2) is 14.4 Å². The summed E-state index contributed by atoms with van der Waals surface area (Å²) in [6.07, 6.45) is 2.18. The largest absolute Gasteiger partial charge is 0.481 e. The first-order valence-corrected chi connectivity index (χ1v) is 11.8. The van der Waals surface area contributed by atoms with Crippen LogP contribution in [-0.4, -0.2) is 27.1 Å². The van der Waals surface area contributed by atoms with Crippen molar-refractivity contribution < 1.29 is 14.3 Å². The molecule has 1 aliphatic rings. The quantitative estimate of drug-likeness (QED) is 0.361. The number of halogens is 1. The molecule has 5 rings (SSSR count). The highest BCUT2D eigenvalue weighted by atomic mass is 32.1.